The highest BCUT2D eigenvalue weighted by Crippen LogP contribution is 2.35. The molecule has 0 atom stereocenters. The number of hydrogen-bond donors (Lipinski definition) is 1. The summed E-state index contributed by atoms with van der Waals surface area (Å²) in [5.74, 6) is -1.24. The van der Waals surface area contributed by atoms with Crippen molar-refractivity contribution in [3.8, 4) is 5.69 Å². The number of halogens is 2. The molecular formula is C27H23Cl2N5O4S. The van der Waals surface area contributed by atoms with Crippen molar-refractivity contribution in [1.82, 2.24) is 9.88 Å². The van der Waals surface area contributed by atoms with Crippen LogP contribution in [-0.2, 0) is 9.59 Å². The number of hydrogen-bond acceptors (Lipinski definition) is 6. The van der Waals surface area contributed by atoms with Gasteiger partial charge in [0.15, 0.2) is 5.11 Å². The number of carbonyl (C=O) groups excluding carboxylic acids is 2. The molecule has 0 radical (unpaired) electrons. The number of nitrogens with one attached hydrogen (secondary N) is 1. The maximum atomic E-state index is 13.5. The minimum atomic E-state index is -0.628. The molecule has 0 unspecified atom stereocenters. The van der Waals surface area contributed by atoms with Crippen molar-refractivity contribution < 1.29 is 14.5 Å². The van der Waals surface area contributed by atoms with E-state index in [0.29, 0.717) is 33.3 Å². The standard InChI is InChI=1S/C27H23Cl2N5O4S/c1-15-11-17(12-20-25(35)30-27(39)33(26(20)36)18-5-7-21(28)22(29)13-18)16(2)32(15)19-6-8-23(24(14-19)34(37)38)31-9-3-4-10-31/h5-8,11-14H,3-4,9-10H2,1-2H3,(H,30,35,39)/b20-12+. The molecule has 0 saturated carbocycles. The van der Waals surface area contributed by atoms with Crippen LogP contribution >= 0.6 is 35.4 Å². The lowest BCUT2D eigenvalue weighted by Crippen LogP contribution is -2.54. The van der Waals surface area contributed by atoms with Crippen LogP contribution in [0.2, 0.25) is 10.0 Å². The van der Waals surface area contributed by atoms with Gasteiger partial charge in [0.2, 0.25) is 0 Å². The van der Waals surface area contributed by atoms with Crippen molar-refractivity contribution in [3.05, 3.63) is 85.1 Å². The number of aryl methyl sites for hydroxylation is 1. The van der Waals surface area contributed by atoms with E-state index >= 15 is 0 Å². The van der Waals surface area contributed by atoms with E-state index < -0.39 is 11.8 Å². The highest BCUT2D eigenvalue weighted by Gasteiger charge is 2.35. The number of benzene rings is 2. The molecule has 1 aromatic heterocycles. The van der Waals surface area contributed by atoms with Crippen LogP contribution in [0.3, 0.4) is 0 Å². The van der Waals surface area contributed by atoms with Gasteiger partial charge in [-0.05, 0) is 86.9 Å². The van der Waals surface area contributed by atoms with Crippen LogP contribution in [0, 0.1) is 24.0 Å². The molecule has 2 aromatic carbocycles. The highest BCUT2D eigenvalue weighted by molar-refractivity contribution is 7.80. The molecule has 2 amide bonds. The van der Waals surface area contributed by atoms with Crippen molar-refractivity contribution in [2.75, 3.05) is 22.9 Å². The summed E-state index contributed by atoms with van der Waals surface area (Å²) in [6.07, 6.45) is 3.51. The van der Waals surface area contributed by atoms with Crippen molar-refractivity contribution >= 4 is 75.5 Å². The lowest BCUT2D eigenvalue weighted by Gasteiger charge is -2.29. The smallest absolute Gasteiger partial charge is 0.294 e. The van der Waals surface area contributed by atoms with Crippen LogP contribution in [0.15, 0.2) is 48.0 Å². The molecule has 2 fully saturated rings. The first-order valence-corrected chi connectivity index (χ1v) is 13.3. The number of nitrogens with zero attached hydrogens (tertiary/aromatic N) is 4. The summed E-state index contributed by atoms with van der Waals surface area (Å²) in [4.78, 5) is 41.1. The average molecular weight is 584 g/mol. The second-order valence-electron chi connectivity index (χ2n) is 9.34. The molecule has 5 rings (SSSR count). The van der Waals surface area contributed by atoms with Gasteiger partial charge < -0.3 is 9.47 Å². The fraction of sp³-hybridized carbons (Fsp3) is 0.222. The van der Waals surface area contributed by atoms with E-state index in [-0.39, 0.29) is 26.3 Å². The molecule has 0 bridgehead atoms. The van der Waals surface area contributed by atoms with Crippen LogP contribution in [0.5, 0.6) is 0 Å². The lowest BCUT2D eigenvalue weighted by atomic mass is 10.1. The number of aromatic nitrogens is 1. The molecule has 2 aliphatic rings. The maximum absolute atomic E-state index is 13.5. The number of nitro benzene ring substituents is 1. The molecular weight excluding hydrogens is 561 g/mol. The Morgan fingerprint density at radius 1 is 1.00 bits per heavy atom. The molecule has 3 aromatic rings. The highest BCUT2D eigenvalue weighted by atomic mass is 35.5. The number of carbonyl (C=O) groups is 2. The van der Waals surface area contributed by atoms with Gasteiger partial charge in [-0.1, -0.05) is 23.2 Å². The normalized spacial score (nSPS) is 16.8. The lowest BCUT2D eigenvalue weighted by molar-refractivity contribution is -0.384. The Labute approximate surface area is 239 Å². The zero-order chi connectivity index (χ0) is 28.0. The number of nitro groups is 1. The first-order valence-electron chi connectivity index (χ1n) is 12.2. The van der Waals surface area contributed by atoms with E-state index in [1.807, 2.05) is 35.4 Å². The Hall–Kier alpha value is -3.73. The Morgan fingerprint density at radius 2 is 1.69 bits per heavy atom. The molecule has 2 aliphatic heterocycles. The van der Waals surface area contributed by atoms with Gasteiger partial charge in [0.1, 0.15) is 11.3 Å². The van der Waals surface area contributed by atoms with E-state index in [4.69, 9.17) is 35.4 Å². The van der Waals surface area contributed by atoms with Crippen LogP contribution < -0.4 is 15.1 Å². The Morgan fingerprint density at radius 3 is 2.36 bits per heavy atom. The summed E-state index contributed by atoms with van der Waals surface area (Å²) >= 11 is 17.4. The number of rotatable bonds is 5. The zero-order valence-corrected chi connectivity index (χ0v) is 23.4. The van der Waals surface area contributed by atoms with Gasteiger partial charge in [-0.25, -0.2) is 0 Å². The number of thiocarbonyl (C=S) groups is 1. The monoisotopic (exact) mass is 583 g/mol. The second kappa shape index (κ2) is 10.4. The van der Waals surface area contributed by atoms with Crippen LogP contribution in [0.4, 0.5) is 17.1 Å². The predicted molar refractivity (Wildman–Crippen MR) is 156 cm³/mol. The molecule has 2 saturated heterocycles. The Bertz CT molecular complexity index is 1590. The Kier molecular flexibility index (Phi) is 7.19. The molecule has 1 N–H and O–H groups in total. The molecule has 0 spiro atoms. The molecule has 3 heterocycles. The molecule has 39 heavy (non-hydrogen) atoms. The van der Waals surface area contributed by atoms with E-state index in [1.54, 1.807) is 18.2 Å². The van der Waals surface area contributed by atoms with Crippen LogP contribution in [0.1, 0.15) is 29.8 Å². The maximum Gasteiger partial charge on any atom is 0.294 e. The van der Waals surface area contributed by atoms with Gasteiger partial charge in [0.05, 0.1) is 26.3 Å². The van der Waals surface area contributed by atoms with E-state index in [2.05, 4.69) is 5.32 Å². The van der Waals surface area contributed by atoms with Crippen LogP contribution in [0.25, 0.3) is 11.8 Å². The van der Waals surface area contributed by atoms with Crippen molar-refractivity contribution in [1.29, 1.82) is 0 Å². The predicted octanol–water partition coefficient (Wildman–Crippen LogP) is 5.74. The largest absolute Gasteiger partial charge is 0.366 e. The van der Waals surface area contributed by atoms with Gasteiger partial charge in [0.25, 0.3) is 17.5 Å². The fourth-order valence-electron chi connectivity index (χ4n) is 5.03. The zero-order valence-electron chi connectivity index (χ0n) is 21.0. The van der Waals surface area contributed by atoms with Gasteiger partial charge in [0, 0.05) is 30.5 Å². The number of anilines is 2. The van der Waals surface area contributed by atoms with E-state index in [9.17, 15) is 19.7 Å². The first-order chi connectivity index (χ1) is 18.6. The Balaban J connectivity index is 1.53. The van der Waals surface area contributed by atoms with E-state index in [1.165, 1.54) is 23.1 Å². The topological polar surface area (TPSA) is 101 Å². The third kappa shape index (κ3) is 4.91. The van der Waals surface area contributed by atoms with Crippen LogP contribution in [-0.4, -0.2) is 39.5 Å². The van der Waals surface area contributed by atoms with Gasteiger partial charge in [-0.15, -0.1) is 0 Å². The fourth-order valence-corrected chi connectivity index (χ4v) is 5.60. The summed E-state index contributed by atoms with van der Waals surface area (Å²) < 4.78 is 1.86. The summed E-state index contributed by atoms with van der Waals surface area (Å²) in [5.41, 5.74) is 3.59. The SMILES string of the molecule is Cc1cc(/C=C2\C(=O)NC(=S)N(c3ccc(Cl)c(Cl)c3)C2=O)c(C)n1-c1ccc(N2CCCC2)c([N+](=O)[O-])c1. The molecule has 12 heteroatoms. The van der Waals surface area contributed by atoms with Crippen molar-refractivity contribution in [3.63, 3.8) is 0 Å². The van der Waals surface area contributed by atoms with Gasteiger partial charge in [-0.2, -0.15) is 0 Å². The molecule has 0 aliphatic carbocycles. The van der Waals surface area contributed by atoms with E-state index in [0.717, 1.165) is 31.6 Å². The quantitative estimate of drug-likeness (QED) is 0.135. The van der Waals surface area contributed by atoms with Crippen molar-refractivity contribution in [2.45, 2.75) is 26.7 Å². The van der Waals surface area contributed by atoms with Crippen molar-refractivity contribution in [2.24, 2.45) is 0 Å². The number of amides is 2. The van der Waals surface area contributed by atoms with Gasteiger partial charge >= 0.3 is 0 Å². The average Bonchev–Trinajstić information content (AvgIpc) is 3.51. The molecule has 9 nitrogen and oxygen atoms in total. The minimum Gasteiger partial charge on any atom is -0.366 e. The summed E-state index contributed by atoms with van der Waals surface area (Å²) in [5, 5.41) is 15.0. The second-order valence-corrected chi connectivity index (χ2v) is 10.5. The third-order valence-corrected chi connectivity index (χ3v) is 7.92. The third-order valence-electron chi connectivity index (χ3n) is 6.89. The summed E-state index contributed by atoms with van der Waals surface area (Å²) in [6, 6.07) is 11.6. The van der Waals surface area contributed by atoms with Gasteiger partial charge in [-0.3, -0.25) is 29.9 Å². The summed E-state index contributed by atoms with van der Waals surface area (Å²) in [6.45, 7) is 5.26. The summed E-state index contributed by atoms with van der Waals surface area (Å²) in [7, 11) is 0. The first kappa shape index (κ1) is 26.9. The minimum absolute atomic E-state index is 0.0365. The molecule has 200 valence electrons.